The highest BCUT2D eigenvalue weighted by Gasteiger charge is 2.31. The van der Waals surface area contributed by atoms with Crippen LogP contribution in [0.15, 0.2) is 24.3 Å². The average molecular weight is 309 g/mol. The predicted octanol–water partition coefficient (Wildman–Crippen LogP) is 2.18. The Morgan fingerprint density at radius 3 is 2.48 bits per heavy atom. The van der Waals surface area contributed by atoms with Gasteiger partial charge in [-0.2, -0.15) is 0 Å². The maximum Gasteiger partial charge on any atom is 0.338 e. The SMILES string of the molecule is C[C@H](OC(=O)c1ccc(N2CCCS2(=O)=O)cc1)C1CC1. The number of rotatable bonds is 4. The summed E-state index contributed by atoms with van der Waals surface area (Å²) in [6, 6.07) is 6.60. The van der Waals surface area contributed by atoms with E-state index in [1.54, 1.807) is 24.3 Å². The summed E-state index contributed by atoms with van der Waals surface area (Å²) in [6.07, 6.45) is 2.85. The van der Waals surface area contributed by atoms with E-state index in [1.807, 2.05) is 6.92 Å². The van der Waals surface area contributed by atoms with Crippen LogP contribution in [0.4, 0.5) is 5.69 Å². The third-order valence-electron chi connectivity index (χ3n) is 4.07. The number of carbonyl (C=O) groups excluding carboxylic acids is 1. The Labute approximate surface area is 124 Å². The van der Waals surface area contributed by atoms with Crippen molar-refractivity contribution in [3.63, 3.8) is 0 Å². The van der Waals surface area contributed by atoms with Crippen LogP contribution in [0.25, 0.3) is 0 Å². The van der Waals surface area contributed by atoms with Crippen LogP contribution in [0.5, 0.6) is 0 Å². The Kier molecular flexibility index (Phi) is 3.65. The molecule has 0 aromatic heterocycles. The zero-order valence-corrected chi connectivity index (χ0v) is 12.8. The van der Waals surface area contributed by atoms with E-state index in [0.29, 0.717) is 30.1 Å². The van der Waals surface area contributed by atoms with Crippen LogP contribution in [-0.4, -0.2) is 32.8 Å². The van der Waals surface area contributed by atoms with E-state index in [0.717, 1.165) is 12.8 Å². The van der Waals surface area contributed by atoms with E-state index in [2.05, 4.69) is 0 Å². The third kappa shape index (κ3) is 3.05. The average Bonchev–Trinajstić information content (AvgIpc) is 3.23. The first-order valence-corrected chi connectivity index (χ1v) is 8.90. The molecule has 1 aromatic rings. The van der Waals surface area contributed by atoms with Gasteiger partial charge in [-0.15, -0.1) is 0 Å². The van der Waals surface area contributed by atoms with Gasteiger partial charge in [0.15, 0.2) is 0 Å². The lowest BCUT2D eigenvalue weighted by atomic mass is 10.2. The zero-order chi connectivity index (χ0) is 15.0. The van der Waals surface area contributed by atoms with Gasteiger partial charge in [-0.05, 0) is 56.4 Å². The minimum atomic E-state index is -3.18. The molecule has 1 aliphatic heterocycles. The minimum Gasteiger partial charge on any atom is -0.459 e. The van der Waals surface area contributed by atoms with E-state index < -0.39 is 10.0 Å². The summed E-state index contributed by atoms with van der Waals surface area (Å²) in [4.78, 5) is 12.0. The Morgan fingerprint density at radius 2 is 1.95 bits per heavy atom. The molecule has 114 valence electrons. The molecule has 1 aliphatic carbocycles. The lowest BCUT2D eigenvalue weighted by Crippen LogP contribution is -2.25. The molecule has 5 nitrogen and oxygen atoms in total. The molecular weight excluding hydrogens is 290 g/mol. The van der Waals surface area contributed by atoms with E-state index in [4.69, 9.17) is 4.74 Å². The van der Waals surface area contributed by atoms with E-state index in [9.17, 15) is 13.2 Å². The predicted molar refractivity (Wildman–Crippen MR) is 79.8 cm³/mol. The highest BCUT2D eigenvalue weighted by Crippen LogP contribution is 2.34. The lowest BCUT2D eigenvalue weighted by Gasteiger charge is -2.17. The van der Waals surface area contributed by atoms with Gasteiger partial charge in [-0.3, -0.25) is 4.31 Å². The van der Waals surface area contributed by atoms with Crippen LogP contribution in [0.1, 0.15) is 36.5 Å². The second kappa shape index (κ2) is 5.33. The van der Waals surface area contributed by atoms with Crippen LogP contribution in [0, 0.1) is 5.92 Å². The summed E-state index contributed by atoms with van der Waals surface area (Å²) in [5.41, 5.74) is 1.07. The molecule has 21 heavy (non-hydrogen) atoms. The third-order valence-corrected chi connectivity index (χ3v) is 5.94. The molecule has 2 aliphatic rings. The molecule has 1 saturated heterocycles. The van der Waals surface area contributed by atoms with Crippen LogP contribution in [0.2, 0.25) is 0 Å². The van der Waals surface area contributed by atoms with Gasteiger partial charge in [0.2, 0.25) is 10.0 Å². The number of ether oxygens (including phenoxy) is 1. The molecule has 1 atom stereocenters. The van der Waals surface area contributed by atoms with Gasteiger partial charge in [0.1, 0.15) is 6.10 Å². The van der Waals surface area contributed by atoms with Crippen molar-refractivity contribution in [2.24, 2.45) is 5.92 Å². The number of esters is 1. The molecule has 0 spiro atoms. The van der Waals surface area contributed by atoms with Crippen molar-refractivity contribution in [3.05, 3.63) is 29.8 Å². The molecule has 2 fully saturated rings. The first-order valence-electron chi connectivity index (χ1n) is 7.29. The summed E-state index contributed by atoms with van der Waals surface area (Å²) in [5, 5.41) is 0. The molecular formula is C15H19NO4S. The summed E-state index contributed by atoms with van der Waals surface area (Å²) >= 11 is 0. The second-order valence-electron chi connectivity index (χ2n) is 5.74. The number of anilines is 1. The Balaban J connectivity index is 1.70. The molecule has 6 heteroatoms. The molecule has 0 bridgehead atoms. The maximum absolute atomic E-state index is 12.0. The van der Waals surface area contributed by atoms with Crippen molar-refractivity contribution in [1.29, 1.82) is 0 Å². The highest BCUT2D eigenvalue weighted by atomic mass is 32.2. The Morgan fingerprint density at radius 1 is 1.29 bits per heavy atom. The maximum atomic E-state index is 12.0. The van der Waals surface area contributed by atoms with Gasteiger partial charge in [-0.25, -0.2) is 13.2 Å². The molecule has 1 aromatic carbocycles. The topological polar surface area (TPSA) is 63.7 Å². The van der Waals surface area contributed by atoms with Crippen molar-refractivity contribution < 1.29 is 17.9 Å². The normalized spacial score (nSPS) is 22.0. The first kappa shape index (κ1) is 14.4. The van der Waals surface area contributed by atoms with Gasteiger partial charge >= 0.3 is 5.97 Å². The van der Waals surface area contributed by atoms with Crippen molar-refractivity contribution in [2.45, 2.75) is 32.3 Å². The number of hydrogen-bond acceptors (Lipinski definition) is 4. The van der Waals surface area contributed by atoms with E-state index in [-0.39, 0.29) is 17.8 Å². The quantitative estimate of drug-likeness (QED) is 0.800. The largest absolute Gasteiger partial charge is 0.459 e. The molecule has 0 unspecified atom stereocenters. The summed E-state index contributed by atoms with van der Waals surface area (Å²) < 4.78 is 30.5. The van der Waals surface area contributed by atoms with Crippen molar-refractivity contribution in [1.82, 2.24) is 0 Å². The summed E-state index contributed by atoms with van der Waals surface area (Å²) in [5.74, 6) is 0.351. The van der Waals surface area contributed by atoms with Gasteiger partial charge in [0, 0.05) is 6.54 Å². The number of carbonyl (C=O) groups is 1. The van der Waals surface area contributed by atoms with Gasteiger partial charge in [0.25, 0.3) is 0 Å². The monoisotopic (exact) mass is 309 g/mol. The number of hydrogen-bond donors (Lipinski definition) is 0. The fourth-order valence-electron chi connectivity index (χ4n) is 2.59. The van der Waals surface area contributed by atoms with Gasteiger partial charge < -0.3 is 4.74 Å². The molecule has 0 N–H and O–H groups in total. The second-order valence-corrected chi connectivity index (χ2v) is 7.75. The lowest BCUT2D eigenvalue weighted by molar-refractivity contribution is 0.0295. The van der Waals surface area contributed by atoms with Gasteiger partial charge in [0.05, 0.1) is 17.0 Å². The van der Waals surface area contributed by atoms with Crippen LogP contribution in [-0.2, 0) is 14.8 Å². The van der Waals surface area contributed by atoms with Crippen LogP contribution in [0.3, 0.4) is 0 Å². The number of benzene rings is 1. The van der Waals surface area contributed by atoms with Crippen LogP contribution < -0.4 is 4.31 Å². The van der Waals surface area contributed by atoms with E-state index in [1.165, 1.54) is 4.31 Å². The van der Waals surface area contributed by atoms with Crippen LogP contribution >= 0.6 is 0 Å². The smallest absolute Gasteiger partial charge is 0.338 e. The Hall–Kier alpha value is -1.56. The van der Waals surface area contributed by atoms with Gasteiger partial charge in [-0.1, -0.05) is 0 Å². The molecule has 0 amide bonds. The number of sulfonamides is 1. The fourth-order valence-corrected chi connectivity index (χ4v) is 4.16. The fraction of sp³-hybridized carbons (Fsp3) is 0.533. The van der Waals surface area contributed by atoms with Crippen molar-refractivity contribution in [2.75, 3.05) is 16.6 Å². The zero-order valence-electron chi connectivity index (χ0n) is 12.0. The minimum absolute atomic E-state index is 0.0452. The molecule has 3 rings (SSSR count). The van der Waals surface area contributed by atoms with Crippen molar-refractivity contribution >= 4 is 21.7 Å². The van der Waals surface area contributed by atoms with Crippen molar-refractivity contribution in [3.8, 4) is 0 Å². The summed E-state index contributed by atoms with van der Waals surface area (Å²) in [6.45, 7) is 2.42. The number of nitrogens with zero attached hydrogens (tertiary/aromatic N) is 1. The molecule has 1 saturated carbocycles. The first-order chi connectivity index (χ1) is 9.97. The summed E-state index contributed by atoms with van der Waals surface area (Å²) in [7, 11) is -3.18. The highest BCUT2D eigenvalue weighted by molar-refractivity contribution is 7.93. The molecule has 0 radical (unpaired) electrons. The van der Waals surface area contributed by atoms with E-state index >= 15 is 0 Å². The standard InChI is InChI=1S/C15H19NO4S/c1-11(12-3-4-12)20-15(17)13-5-7-14(8-6-13)16-9-2-10-21(16,18)19/h5-8,11-12H,2-4,9-10H2,1H3/t11-/m0/s1. The Bertz CT molecular complexity index is 634. The molecule has 1 heterocycles.